The monoisotopic (exact) mass is 501 g/mol. The summed E-state index contributed by atoms with van der Waals surface area (Å²) in [6.45, 7) is 4.79. The van der Waals surface area contributed by atoms with Gasteiger partial charge in [-0.05, 0) is 50.3 Å². The minimum Gasteiger partial charge on any atom is -0.325 e. The molecule has 0 atom stereocenters. The van der Waals surface area contributed by atoms with Crippen molar-refractivity contribution >= 4 is 23.4 Å². The van der Waals surface area contributed by atoms with E-state index in [-0.39, 0.29) is 22.6 Å². The zero-order valence-electron chi connectivity index (χ0n) is 21.3. The average Bonchev–Trinajstić information content (AvgIpc) is 2.88. The molecule has 36 heavy (non-hydrogen) atoms. The summed E-state index contributed by atoms with van der Waals surface area (Å²) in [5.74, 6) is 0.111. The van der Waals surface area contributed by atoms with Crippen LogP contribution in [0.1, 0.15) is 68.6 Å². The highest BCUT2D eigenvalue weighted by atomic mass is 32.2. The van der Waals surface area contributed by atoms with Crippen LogP contribution >= 0.6 is 11.8 Å². The van der Waals surface area contributed by atoms with E-state index in [4.69, 9.17) is 4.98 Å². The second-order valence-electron chi connectivity index (χ2n) is 10.3. The number of hydrogen-bond acceptors (Lipinski definition) is 4. The van der Waals surface area contributed by atoms with E-state index in [2.05, 4.69) is 30.4 Å². The molecule has 1 saturated carbocycles. The molecule has 5 rings (SSSR count). The fourth-order valence-corrected chi connectivity index (χ4v) is 6.63. The number of rotatable bonds is 7. The lowest BCUT2D eigenvalue weighted by atomic mass is 9.62. The molecule has 5 nitrogen and oxygen atoms in total. The Balaban J connectivity index is 1.52. The van der Waals surface area contributed by atoms with E-state index in [9.17, 15) is 9.59 Å². The van der Waals surface area contributed by atoms with Crippen LogP contribution in [0.15, 0.2) is 58.5 Å². The van der Waals surface area contributed by atoms with Crippen molar-refractivity contribution < 1.29 is 4.79 Å². The molecule has 2 aromatic carbocycles. The van der Waals surface area contributed by atoms with Crippen molar-refractivity contribution in [2.24, 2.45) is 0 Å². The van der Waals surface area contributed by atoms with Gasteiger partial charge in [-0.2, -0.15) is 0 Å². The highest BCUT2D eigenvalue weighted by Gasteiger charge is 2.43. The third kappa shape index (κ3) is 4.88. The van der Waals surface area contributed by atoms with Gasteiger partial charge in [0.05, 0.1) is 17.0 Å². The molecule has 0 unspecified atom stereocenters. The minimum atomic E-state index is -0.119. The molecule has 188 valence electrons. The number of benzene rings is 2. The van der Waals surface area contributed by atoms with E-state index in [0.717, 1.165) is 73.0 Å². The van der Waals surface area contributed by atoms with Crippen LogP contribution in [-0.2, 0) is 23.2 Å². The number of hydrogen-bond donors (Lipinski definition) is 1. The van der Waals surface area contributed by atoms with Gasteiger partial charge in [-0.3, -0.25) is 14.2 Å². The summed E-state index contributed by atoms with van der Waals surface area (Å²) in [6, 6.07) is 16.2. The smallest absolute Gasteiger partial charge is 0.258 e. The molecule has 1 heterocycles. The standard InChI is InChI=1S/C30H35N3O2S/c1-3-4-18-33-28(35)26-27(24-11-7-6-10-22(24)19-30(26)16-8-5-9-17-30)32-29(33)36-20-25(34)31-23-14-12-21(2)13-15-23/h6-7,10-15H,3-5,8-9,16-20H2,1-2H3,(H,31,34). The Morgan fingerprint density at radius 1 is 1.08 bits per heavy atom. The van der Waals surface area contributed by atoms with Crippen LogP contribution in [0.25, 0.3) is 11.3 Å². The number of unbranched alkanes of at least 4 members (excludes halogenated alkanes) is 1. The molecule has 0 aliphatic heterocycles. The van der Waals surface area contributed by atoms with Crippen molar-refractivity contribution in [1.82, 2.24) is 9.55 Å². The van der Waals surface area contributed by atoms with Gasteiger partial charge in [0, 0.05) is 23.2 Å². The molecule has 2 aliphatic rings. The molecule has 2 aliphatic carbocycles. The van der Waals surface area contributed by atoms with Gasteiger partial charge < -0.3 is 5.32 Å². The maximum atomic E-state index is 14.2. The fraction of sp³-hybridized carbons (Fsp3) is 0.433. The van der Waals surface area contributed by atoms with E-state index >= 15 is 0 Å². The van der Waals surface area contributed by atoms with Crippen molar-refractivity contribution in [3.63, 3.8) is 0 Å². The van der Waals surface area contributed by atoms with Gasteiger partial charge in [0.15, 0.2) is 5.16 Å². The highest BCUT2D eigenvalue weighted by molar-refractivity contribution is 7.99. The summed E-state index contributed by atoms with van der Waals surface area (Å²) >= 11 is 1.36. The van der Waals surface area contributed by atoms with Crippen LogP contribution in [0.3, 0.4) is 0 Å². The number of carbonyl (C=O) groups excluding carboxylic acids is 1. The quantitative estimate of drug-likeness (QED) is 0.296. The van der Waals surface area contributed by atoms with Crippen LogP contribution in [0.4, 0.5) is 5.69 Å². The molecule has 1 aromatic heterocycles. The zero-order chi connectivity index (χ0) is 25.1. The van der Waals surface area contributed by atoms with E-state index in [1.807, 2.05) is 41.8 Å². The maximum Gasteiger partial charge on any atom is 0.258 e. The fourth-order valence-electron chi connectivity index (χ4n) is 5.81. The van der Waals surface area contributed by atoms with Crippen LogP contribution in [-0.4, -0.2) is 21.2 Å². The first kappa shape index (κ1) is 24.8. The predicted molar refractivity (Wildman–Crippen MR) is 148 cm³/mol. The summed E-state index contributed by atoms with van der Waals surface area (Å²) in [7, 11) is 0. The lowest BCUT2D eigenvalue weighted by Gasteiger charge is -2.42. The molecule has 0 bridgehead atoms. The van der Waals surface area contributed by atoms with Crippen molar-refractivity contribution in [2.75, 3.05) is 11.1 Å². The first-order valence-corrected chi connectivity index (χ1v) is 14.2. The third-order valence-electron chi connectivity index (χ3n) is 7.68. The van der Waals surface area contributed by atoms with Gasteiger partial charge in [0.2, 0.25) is 5.91 Å². The van der Waals surface area contributed by atoms with Crippen LogP contribution in [0, 0.1) is 6.92 Å². The summed E-state index contributed by atoms with van der Waals surface area (Å²) < 4.78 is 1.86. The molecular formula is C30H35N3O2S. The molecule has 1 spiro atoms. The highest BCUT2D eigenvalue weighted by Crippen LogP contribution is 2.48. The van der Waals surface area contributed by atoms with Crippen LogP contribution in [0.5, 0.6) is 0 Å². The Bertz CT molecular complexity index is 1310. The summed E-state index contributed by atoms with van der Waals surface area (Å²) in [4.78, 5) is 32.1. The Kier molecular flexibility index (Phi) is 7.33. The SMILES string of the molecule is CCCCn1c(SCC(=O)Nc2ccc(C)cc2)nc2c(c1=O)C1(CCCCC1)Cc1ccccc1-2. The number of thioether (sulfide) groups is 1. The molecule has 1 amide bonds. The van der Waals surface area contributed by atoms with Gasteiger partial charge in [-0.1, -0.05) is 86.3 Å². The molecule has 0 saturated heterocycles. The zero-order valence-corrected chi connectivity index (χ0v) is 22.1. The lowest BCUT2D eigenvalue weighted by Crippen LogP contribution is -2.43. The maximum absolute atomic E-state index is 14.2. The van der Waals surface area contributed by atoms with Crippen molar-refractivity contribution in [1.29, 1.82) is 0 Å². The van der Waals surface area contributed by atoms with Gasteiger partial charge in [0.1, 0.15) is 0 Å². The second-order valence-corrected chi connectivity index (χ2v) is 11.2. The Morgan fingerprint density at radius 3 is 2.58 bits per heavy atom. The van der Waals surface area contributed by atoms with Gasteiger partial charge in [0.25, 0.3) is 5.56 Å². The Labute approximate surface area is 217 Å². The number of fused-ring (bicyclic) bond motifs is 4. The summed E-state index contributed by atoms with van der Waals surface area (Å²) in [5.41, 5.74) is 6.05. The normalized spacial score (nSPS) is 15.8. The number of nitrogens with zero attached hydrogens (tertiary/aromatic N) is 2. The third-order valence-corrected chi connectivity index (χ3v) is 8.66. The van der Waals surface area contributed by atoms with Crippen molar-refractivity contribution in [2.45, 2.75) is 82.3 Å². The lowest BCUT2D eigenvalue weighted by molar-refractivity contribution is -0.113. The molecule has 0 radical (unpaired) electrons. The van der Waals surface area contributed by atoms with Crippen molar-refractivity contribution in [3.05, 3.63) is 75.6 Å². The van der Waals surface area contributed by atoms with E-state index < -0.39 is 0 Å². The first-order valence-electron chi connectivity index (χ1n) is 13.2. The van der Waals surface area contributed by atoms with Crippen LogP contribution < -0.4 is 10.9 Å². The summed E-state index contributed by atoms with van der Waals surface area (Å²) in [6.07, 6.45) is 8.47. The van der Waals surface area contributed by atoms with Crippen molar-refractivity contribution in [3.8, 4) is 11.3 Å². The second kappa shape index (κ2) is 10.6. The summed E-state index contributed by atoms with van der Waals surface area (Å²) in [5, 5.41) is 3.61. The van der Waals surface area contributed by atoms with E-state index in [1.165, 1.54) is 23.7 Å². The van der Waals surface area contributed by atoms with Gasteiger partial charge in [-0.15, -0.1) is 0 Å². The Morgan fingerprint density at radius 2 is 1.83 bits per heavy atom. The molecule has 6 heteroatoms. The molecule has 1 fully saturated rings. The number of aryl methyl sites for hydroxylation is 1. The molecular weight excluding hydrogens is 466 g/mol. The van der Waals surface area contributed by atoms with E-state index in [0.29, 0.717) is 11.7 Å². The number of carbonyl (C=O) groups is 1. The number of aromatic nitrogens is 2. The van der Waals surface area contributed by atoms with Gasteiger partial charge >= 0.3 is 0 Å². The molecule has 1 N–H and O–H groups in total. The largest absolute Gasteiger partial charge is 0.325 e. The number of amides is 1. The number of anilines is 1. The molecule has 3 aromatic rings. The van der Waals surface area contributed by atoms with Crippen LogP contribution in [0.2, 0.25) is 0 Å². The number of nitrogens with one attached hydrogen (secondary N) is 1. The van der Waals surface area contributed by atoms with E-state index in [1.54, 1.807) is 0 Å². The topological polar surface area (TPSA) is 64.0 Å². The minimum absolute atomic E-state index is 0.0954. The predicted octanol–water partition coefficient (Wildman–Crippen LogP) is 6.51. The van der Waals surface area contributed by atoms with Gasteiger partial charge in [-0.25, -0.2) is 4.98 Å². The first-order chi connectivity index (χ1) is 17.5. The average molecular weight is 502 g/mol. The Hall–Kier alpha value is -2.86.